The highest BCUT2D eigenvalue weighted by atomic mass is 19.3. The van der Waals surface area contributed by atoms with Crippen LogP contribution in [0.25, 0.3) is 0 Å². The van der Waals surface area contributed by atoms with E-state index in [9.17, 15) is 23.5 Å². The van der Waals surface area contributed by atoms with Gasteiger partial charge in [0.1, 0.15) is 6.04 Å². The molecule has 2 aliphatic rings. The third-order valence-corrected chi connectivity index (χ3v) is 5.71. The van der Waals surface area contributed by atoms with E-state index < -0.39 is 18.1 Å². The number of aliphatic hydroxyl groups excluding tert-OH is 1. The highest BCUT2D eigenvalue weighted by Gasteiger charge is 2.36. The van der Waals surface area contributed by atoms with E-state index in [1.54, 1.807) is 11.8 Å². The van der Waals surface area contributed by atoms with Gasteiger partial charge in [-0.2, -0.15) is 0 Å². The molecule has 8 heteroatoms. The minimum atomic E-state index is -2.57. The molecule has 1 aliphatic heterocycles. The van der Waals surface area contributed by atoms with Crippen molar-refractivity contribution < 1.29 is 28.2 Å². The van der Waals surface area contributed by atoms with Crippen LogP contribution in [0.5, 0.6) is 0 Å². The van der Waals surface area contributed by atoms with Crippen LogP contribution in [0.4, 0.5) is 8.78 Å². The normalized spacial score (nSPS) is 22.2. The lowest BCUT2D eigenvalue weighted by molar-refractivity contribution is -0.142. The number of piperidine rings is 1. The predicted molar refractivity (Wildman–Crippen MR) is 108 cm³/mol. The minimum Gasteiger partial charge on any atom is -0.396 e. The van der Waals surface area contributed by atoms with Gasteiger partial charge in [-0.3, -0.25) is 9.59 Å². The van der Waals surface area contributed by atoms with E-state index in [4.69, 9.17) is 4.74 Å². The quantitative estimate of drug-likeness (QED) is 0.664. The van der Waals surface area contributed by atoms with Crippen molar-refractivity contribution in [3.8, 4) is 0 Å². The van der Waals surface area contributed by atoms with E-state index >= 15 is 0 Å². The molecule has 0 radical (unpaired) electrons. The van der Waals surface area contributed by atoms with Crippen LogP contribution in [0.1, 0.15) is 66.2 Å². The maximum atomic E-state index is 13.3. The molecule has 2 amide bonds. The fraction of sp³-hybridized carbons (Fsp3) is 0.905. The zero-order valence-electron chi connectivity index (χ0n) is 18.3. The molecule has 2 atom stereocenters. The fourth-order valence-corrected chi connectivity index (χ4v) is 3.78. The molecule has 2 fully saturated rings. The number of nitrogens with one attached hydrogen (secondary N) is 1. The monoisotopic (exact) mass is 420 g/mol. The van der Waals surface area contributed by atoms with E-state index in [2.05, 4.69) is 5.32 Å². The minimum absolute atomic E-state index is 0.0560. The van der Waals surface area contributed by atoms with E-state index in [0.717, 1.165) is 12.8 Å². The van der Waals surface area contributed by atoms with Gasteiger partial charge in [-0.05, 0) is 44.4 Å². The topological polar surface area (TPSA) is 78.9 Å². The molecule has 1 heterocycles. The summed E-state index contributed by atoms with van der Waals surface area (Å²) in [4.78, 5) is 26.1. The number of likely N-dealkylation sites (tertiary alicyclic amines) is 1. The Bertz CT molecular complexity index is 501. The summed E-state index contributed by atoms with van der Waals surface area (Å²) < 4.78 is 32.3. The highest BCUT2D eigenvalue weighted by molar-refractivity contribution is 5.87. The van der Waals surface area contributed by atoms with Crippen LogP contribution in [0.15, 0.2) is 0 Å². The van der Waals surface area contributed by atoms with Gasteiger partial charge in [-0.1, -0.05) is 13.8 Å². The molecule has 0 aromatic rings. The molecule has 6 nitrogen and oxygen atoms in total. The van der Waals surface area contributed by atoms with Gasteiger partial charge in [0.25, 0.3) is 0 Å². The van der Waals surface area contributed by atoms with Crippen LogP contribution >= 0.6 is 0 Å². The van der Waals surface area contributed by atoms with Gasteiger partial charge < -0.3 is 20.1 Å². The lowest BCUT2D eigenvalue weighted by Gasteiger charge is -2.36. The summed E-state index contributed by atoms with van der Waals surface area (Å²) in [6.07, 6.45) is 1.51. The zero-order valence-corrected chi connectivity index (χ0v) is 18.3. The number of hydrogen-bond acceptors (Lipinski definition) is 4. The highest BCUT2D eigenvalue weighted by Crippen LogP contribution is 2.36. The number of hydrogen-bond donors (Lipinski definition) is 2. The van der Waals surface area contributed by atoms with E-state index in [0.29, 0.717) is 32.5 Å². The standard InChI is InChI=1S/C19H32F2N2O4.C2H6/c1-13(27-12-16-3-7-19(20,21)8-4-16)17(22-14(2)25)18(26)23-9-5-15(11-24)6-10-23;1-2/h13,15-17,24H,3-12H2,1-2H3,(H,22,25);1-2H3. The van der Waals surface area contributed by atoms with Crippen LogP contribution < -0.4 is 5.32 Å². The maximum absolute atomic E-state index is 13.3. The molecule has 2 N–H and O–H groups in total. The van der Waals surface area contributed by atoms with E-state index in [1.807, 2.05) is 13.8 Å². The second kappa shape index (κ2) is 12.4. The molecule has 0 aromatic heterocycles. The van der Waals surface area contributed by atoms with Crippen LogP contribution in [-0.4, -0.2) is 66.2 Å². The number of aliphatic hydroxyl groups is 1. The van der Waals surface area contributed by atoms with Crippen LogP contribution in [-0.2, 0) is 14.3 Å². The van der Waals surface area contributed by atoms with Crippen molar-refractivity contribution in [1.82, 2.24) is 10.2 Å². The Morgan fingerprint density at radius 3 is 2.17 bits per heavy atom. The molecule has 1 saturated carbocycles. The van der Waals surface area contributed by atoms with Crippen LogP contribution in [0, 0.1) is 11.8 Å². The number of halogens is 2. The molecular weight excluding hydrogens is 382 g/mol. The molecule has 1 aliphatic carbocycles. The first kappa shape index (κ1) is 25.8. The molecule has 2 unspecified atom stereocenters. The van der Waals surface area contributed by atoms with Crippen molar-refractivity contribution in [2.45, 2.75) is 84.3 Å². The van der Waals surface area contributed by atoms with Crippen molar-refractivity contribution in [2.24, 2.45) is 11.8 Å². The maximum Gasteiger partial charge on any atom is 0.248 e. The third kappa shape index (κ3) is 8.54. The van der Waals surface area contributed by atoms with Gasteiger partial charge in [0.05, 0.1) is 6.10 Å². The number of alkyl halides is 2. The number of rotatable bonds is 7. The molecule has 0 bridgehead atoms. The summed E-state index contributed by atoms with van der Waals surface area (Å²) in [5.74, 6) is -2.81. The molecule has 0 spiro atoms. The Kier molecular flexibility index (Phi) is 11.0. The molecule has 170 valence electrons. The Balaban J connectivity index is 0.00000204. The van der Waals surface area contributed by atoms with E-state index in [1.165, 1.54) is 6.92 Å². The number of carbonyl (C=O) groups is 2. The van der Waals surface area contributed by atoms with E-state index in [-0.39, 0.29) is 43.1 Å². The summed E-state index contributed by atoms with van der Waals surface area (Å²) in [6.45, 7) is 8.62. The summed E-state index contributed by atoms with van der Waals surface area (Å²) >= 11 is 0. The Morgan fingerprint density at radius 2 is 1.69 bits per heavy atom. The molecule has 1 saturated heterocycles. The molecule has 2 rings (SSSR count). The average molecular weight is 421 g/mol. The van der Waals surface area contributed by atoms with Gasteiger partial charge in [0.15, 0.2) is 0 Å². The first-order valence-corrected chi connectivity index (χ1v) is 10.9. The van der Waals surface area contributed by atoms with Gasteiger partial charge in [-0.15, -0.1) is 0 Å². The average Bonchev–Trinajstić information content (AvgIpc) is 2.72. The van der Waals surface area contributed by atoms with Crippen molar-refractivity contribution >= 4 is 11.8 Å². The third-order valence-electron chi connectivity index (χ3n) is 5.71. The fourth-order valence-electron chi connectivity index (χ4n) is 3.78. The number of carbonyl (C=O) groups excluding carboxylic acids is 2. The number of ether oxygens (including phenoxy) is 1. The van der Waals surface area contributed by atoms with Gasteiger partial charge in [0.2, 0.25) is 17.7 Å². The molecule has 0 aromatic carbocycles. The largest absolute Gasteiger partial charge is 0.396 e. The van der Waals surface area contributed by atoms with Crippen molar-refractivity contribution in [3.63, 3.8) is 0 Å². The Hall–Kier alpha value is -1.28. The van der Waals surface area contributed by atoms with Gasteiger partial charge in [-0.25, -0.2) is 8.78 Å². The van der Waals surface area contributed by atoms with Crippen LogP contribution in [0.3, 0.4) is 0 Å². The summed E-state index contributed by atoms with van der Waals surface area (Å²) in [5.41, 5.74) is 0. The summed E-state index contributed by atoms with van der Waals surface area (Å²) in [5, 5.41) is 11.9. The lowest BCUT2D eigenvalue weighted by atomic mass is 9.87. The SMILES string of the molecule is CC.CC(=O)NC(C(=O)N1CCC(CO)CC1)C(C)OCC1CCC(F)(F)CC1. The number of amides is 2. The molecular formula is C21H38F2N2O4. The van der Waals surface area contributed by atoms with Crippen LogP contribution in [0.2, 0.25) is 0 Å². The summed E-state index contributed by atoms with van der Waals surface area (Å²) in [7, 11) is 0. The second-order valence-electron chi connectivity index (χ2n) is 7.97. The first-order chi connectivity index (χ1) is 13.7. The van der Waals surface area contributed by atoms with Crippen molar-refractivity contribution in [1.29, 1.82) is 0 Å². The Morgan fingerprint density at radius 1 is 1.14 bits per heavy atom. The first-order valence-electron chi connectivity index (χ1n) is 10.9. The zero-order chi connectivity index (χ0) is 22.0. The lowest BCUT2D eigenvalue weighted by Crippen LogP contribution is -2.55. The number of nitrogens with zero attached hydrogens (tertiary/aromatic N) is 1. The van der Waals surface area contributed by atoms with Gasteiger partial charge in [0, 0.05) is 46.1 Å². The van der Waals surface area contributed by atoms with Gasteiger partial charge >= 0.3 is 0 Å². The van der Waals surface area contributed by atoms with Crippen molar-refractivity contribution in [3.05, 3.63) is 0 Å². The Labute approximate surface area is 173 Å². The van der Waals surface area contributed by atoms with Crippen molar-refractivity contribution in [2.75, 3.05) is 26.3 Å². The molecule has 29 heavy (non-hydrogen) atoms. The predicted octanol–water partition coefficient (Wildman–Crippen LogP) is 2.98. The smallest absolute Gasteiger partial charge is 0.248 e. The summed E-state index contributed by atoms with van der Waals surface area (Å²) in [6, 6.07) is -0.793. The second-order valence-corrected chi connectivity index (χ2v) is 7.97.